The minimum atomic E-state index is -0.430. The van der Waals surface area contributed by atoms with Crippen molar-refractivity contribution < 1.29 is 18.7 Å². The van der Waals surface area contributed by atoms with Gasteiger partial charge < -0.3 is 9.64 Å². The highest BCUT2D eigenvalue weighted by molar-refractivity contribution is 7.10. The number of carbonyl (C=O) groups is 2. The minimum absolute atomic E-state index is 0.291. The number of halogens is 1. The Bertz CT molecular complexity index is 800. The number of hydrogen-bond acceptors (Lipinski definition) is 4. The maximum Gasteiger partial charge on any atom is 0.339 e. The number of thiophene rings is 1. The molecule has 1 amide bonds. The molecule has 2 aromatic rings. The van der Waals surface area contributed by atoms with Crippen molar-refractivity contribution in [1.82, 2.24) is 4.90 Å². The summed E-state index contributed by atoms with van der Waals surface area (Å²) in [5, 5.41) is 1.84. The topological polar surface area (TPSA) is 46.6 Å². The van der Waals surface area contributed by atoms with Crippen LogP contribution in [-0.2, 0) is 28.9 Å². The van der Waals surface area contributed by atoms with E-state index in [9.17, 15) is 14.0 Å². The molecule has 4 nitrogen and oxygen atoms in total. The molecule has 1 aliphatic rings. The highest BCUT2D eigenvalue weighted by Crippen LogP contribution is 2.33. The molecule has 3 rings (SSSR count). The van der Waals surface area contributed by atoms with Gasteiger partial charge in [-0.1, -0.05) is 19.1 Å². The molecule has 0 spiro atoms. The Labute approximate surface area is 156 Å². The number of nitrogens with zero attached hydrogens (tertiary/aromatic N) is 1. The number of carbonyl (C=O) groups excluding carboxylic acids is 2. The lowest BCUT2D eigenvalue weighted by molar-refractivity contribution is -0.133. The van der Waals surface area contributed by atoms with Crippen molar-refractivity contribution >= 4 is 23.2 Å². The highest BCUT2D eigenvalue weighted by atomic mass is 32.1. The third kappa shape index (κ3) is 4.30. The summed E-state index contributed by atoms with van der Waals surface area (Å²) in [5.74, 6) is -0.391. The number of hydrogen-bond donors (Lipinski definition) is 0. The van der Waals surface area contributed by atoms with Crippen LogP contribution in [0.15, 0.2) is 29.6 Å². The largest absolute Gasteiger partial charge is 0.452 e. The molecule has 1 atom stereocenters. The Kier molecular flexibility index (Phi) is 5.71. The van der Waals surface area contributed by atoms with Gasteiger partial charge >= 0.3 is 5.97 Å². The van der Waals surface area contributed by atoms with E-state index in [1.807, 2.05) is 5.38 Å². The number of benzene rings is 1. The van der Waals surface area contributed by atoms with Crippen LogP contribution in [0.4, 0.5) is 4.39 Å². The van der Waals surface area contributed by atoms with Crippen molar-refractivity contribution in [3.63, 3.8) is 0 Å². The first kappa shape index (κ1) is 18.6. The molecule has 26 heavy (non-hydrogen) atoms. The van der Waals surface area contributed by atoms with Crippen molar-refractivity contribution in [3.05, 3.63) is 57.0 Å². The number of esters is 1. The first-order chi connectivity index (χ1) is 12.4. The van der Waals surface area contributed by atoms with E-state index < -0.39 is 5.97 Å². The predicted molar refractivity (Wildman–Crippen MR) is 98.7 cm³/mol. The zero-order valence-corrected chi connectivity index (χ0v) is 15.8. The normalized spacial score (nSPS) is 16.0. The Balaban J connectivity index is 1.54. The SMILES string of the molecule is CC1CCc2c(C(=O)OCC(=O)N(C)Cc3ccc(F)cc3)csc2C1. The molecule has 138 valence electrons. The number of fused-ring (bicyclic) bond motifs is 1. The van der Waals surface area contributed by atoms with Gasteiger partial charge in [-0.2, -0.15) is 0 Å². The summed E-state index contributed by atoms with van der Waals surface area (Å²) >= 11 is 1.60. The van der Waals surface area contributed by atoms with Crippen molar-refractivity contribution in [2.45, 2.75) is 32.7 Å². The Morgan fingerprint density at radius 1 is 1.31 bits per heavy atom. The third-order valence-electron chi connectivity index (χ3n) is 4.71. The molecule has 0 fully saturated rings. The number of amides is 1. The van der Waals surface area contributed by atoms with Crippen molar-refractivity contribution in [2.75, 3.05) is 13.7 Å². The van der Waals surface area contributed by atoms with E-state index in [-0.39, 0.29) is 18.3 Å². The van der Waals surface area contributed by atoms with Crippen LogP contribution < -0.4 is 0 Å². The summed E-state index contributed by atoms with van der Waals surface area (Å²) in [4.78, 5) is 27.3. The van der Waals surface area contributed by atoms with Crippen LogP contribution in [0.3, 0.4) is 0 Å². The molecular weight excluding hydrogens is 353 g/mol. The first-order valence-corrected chi connectivity index (χ1v) is 9.56. The minimum Gasteiger partial charge on any atom is -0.452 e. The number of likely N-dealkylation sites (N-methyl/N-ethyl adjacent to an activating group) is 1. The van der Waals surface area contributed by atoms with Crippen LogP contribution in [0.25, 0.3) is 0 Å². The average Bonchev–Trinajstić information content (AvgIpc) is 3.04. The smallest absolute Gasteiger partial charge is 0.339 e. The van der Waals surface area contributed by atoms with Gasteiger partial charge in [0, 0.05) is 23.8 Å². The van der Waals surface area contributed by atoms with Gasteiger partial charge in [-0.05, 0) is 48.4 Å². The van der Waals surface area contributed by atoms with Crippen LogP contribution in [0, 0.1) is 11.7 Å². The van der Waals surface area contributed by atoms with Crippen LogP contribution in [-0.4, -0.2) is 30.4 Å². The lowest BCUT2D eigenvalue weighted by atomic mass is 9.88. The fourth-order valence-corrected chi connectivity index (χ4v) is 4.35. The van der Waals surface area contributed by atoms with Gasteiger partial charge in [0.05, 0.1) is 5.56 Å². The van der Waals surface area contributed by atoms with E-state index >= 15 is 0 Å². The van der Waals surface area contributed by atoms with Crippen LogP contribution >= 0.6 is 11.3 Å². The standard InChI is InChI=1S/C20H22FNO3S/c1-13-3-8-16-17(12-26-18(16)9-13)20(24)25-11-19(23)22(2)10-14-4-6-15(21)7-5-14/h4-7,12-13H,3,8-11H2,1-2H3. The van der Waals surface area contributed by atoms with E-state index in [0.717, 1.165) is 30.4 Å². The van der Waals surface area contributed by atoms with Crippen LogP contribution in [0.1, 0.15) is 39.7 Å². The molecule has 1 unspecified atom stereocenters. The number of ether oxygens (including phenoxy) is 1. The zero-order chi connectivity index (χ0) is 18.7. The molecule has 0 saturated heterocycles. The van der Waals surface area contributed by atoms with Gasteiger partial charge in [-0.3, -0.25) is 4.79 Å². The Morgan fingerprint density at radius 3 is 2.77 bits per heavy atom. The van der Waals surface area contributed by atoms with E-state index in [2.05, 4.69) is 6.92 Å². The van der Waals surface area contributed by atoms with Crippen LogP contribution in [0.2, 0.25) is 0 Å². The molecule has 0 bridgehead atoms. The fraction of sp³-hybridized carbons (Fsp3) is 0.400. The van der Waals surface area contributed by atoms with E-state index in [0.29, 0.717) is 18.0 Å². The van der Waals surface area contributed by atoms with E-state index in [4.69, 9.17) is 4.74 Å². The molecule has 0 radical (unpaired) electrons. The monoisotopic (exact) mass is 375 g/mol. The summed E-state index contributed by atoms with van der Waals surface area (Å²) in [6.45, 7) is 2.26. The zero-order valence-electron chi connectivity index (χ0n) is 15.0. The Morgan fingerprint density at radius 2 is 2.04 bits per heavy atom. The predicted octanol–water partition coefficient (Wildman–Crippen LogP) is 3.83. The molecule has 0 aliphatic heterocycles. The van der Waals surface area contributed by atoms with Gasteiger partial charge in [0.25, 0.3) is 5.91 Å². The van der Waals surface area contributed by atoms with E-state index in [1.165, 1.54) is 21.9 Å². The summed E-state index contributed by atoms with van der Waals surface area (Å²) < 4.78 is 18.2. The third-order valence-corrected chi connectivity index (χ3v) is 5.76. The quantitative estimate of drug-likeness (QED) is 0.746. The molecule has 1 aromatic heterocycles. The summed E-state index contributed by atoms with van der Waals surface area (Å²) in [6.07, 6.45) is 2.97. The second-order valence-electron chi connectivity index (χ2n) is 6.85. The maximum absolute atomic E-state index is 12.9. The lowest BCUT2D eigenvalue weighted by Crippen LogP contribution is -2.31. The second kappa shape index (κ2) is 7.99. The summed E-state index contributed by atoms with van der Waals surface area (Å²) in [6, 6.07) is 5.97. The lowest BCUT2D eigenvalue weighted by Gasteiger charge is -2.19. The summed E-state index contributed by atoms with van der Waals surface area (Å²) in [5.41, 5.74) is 2.51. The molecule has 0 saturated carbocycles. The van der Waals surface area contributed by atoms with Gasteiger partial charge in [0.15, 0.2) is 6.61 Å². The fourth-order valence-electron chi connectivity index (χ4n) is 3.12. The molecule has 6 heteroatoms. The average molecular weight is 375 g/mol. The van der Waals surface area contributed by atoms with Crippen LogP contribution in [0.5, 0.6) is 0 Å². The van der Waals surface area contributed by atoms with E-state index in [1.54, 1.807) is 30.5 Å². The molecule has 1 aliphatic carbocycles. The highest BCUT2D eigenvalue weighted by Gasteiger charge is 2.24. The summed E-state index contributed by atoms with van der Waals surface area (Å²) in [7, 11) is 1.63. The second-order valence-corrected chi connectivity index (χ2v) is 7.82. The maximum atomic E-state index is 12.9. The molecule has 1 aromatic carbocycles. The molecule has 0 N–H and O–H groups in total. The Hall–Kier alpha value is -2.21. The van der Waals surface area contributed by atoms with Gasteiger partial charge in [0.2, 0.25) is 0 Å². The first-order valence-electron chi connectivity index (χ1n) is 8.69. The van der Waals surface area contributed by atoms with Crippen molar-refractivity contribution in [2.24, 2.45) is 5.92 Å². The van der Waals surface area contributed by atoms with Gasteiger partial charge in [-0.25, -0.2) is 9.18 Å². The molecular formula is C20H22FNO3S. The molecule has 1 heterocycles. The van der Waals surface area contributed by atoms with Gasteiger partial charge in [0.1, 0.15) is 5.82 Å². The van der Waals surface area contributed by atoms with Crippen molar-refractivity contribution in [1.29, 1.82) is 0 Å². The number of rotatable bonds is 5. The van der Waals surface area contributed by atoms with Gasteiger partial charge in [-0.15, -0.1) is 11.3 Å². The van der Waals surface area contributed by atoms with Crippen molar-refractivity contribution in [3.8, 4) is 0 Å².